The van der Waals surface area contributed by atoms with E-state index in [1.54, 1.807) is 12.4 Å². The highest BCUT2D eigenvalue weighted by molar-refractivity contribution is 5.89. The fourth-order valence-corrected chi connectivity index (χ4v) is 0.572. The summed E-state index contributed by atoms with van der Waals surface area (Å²) in [6.07, 6.45) is 0.933. The zero-order valence-corrected chi connectivity index (χ0v) is 9.52. The molecular weight excluding hydrogens is 230 g/mol. The maximum Gasteiger partial charge on any atom is 0.440 e. The molecule has 0 rings (SSSR count). The summed E-state index contributed by atoms with van der Waals surface area (Å²) in [7, 11) is 0. The third-order valence-corrected chi connectivity index (χ3v) is 1.34. The molecule has 0 atom stereocenters. The predicted octanol–water partition coefficient (Wildman–Crippen LogP) is 0.824. The van der Waals surface area contributed by atoms with E-state index in [4.69, 9.17) is 0 Å². The van der Waals surface area contributed by atoms with Gasteiger partial charge in [0.2, 0.25) is 0 Å². The quantitative estimate of drug-likeness (QED) is 0.258. The molecule has 7 heteroatoms. The molecule has 0 radical (unpaired) electrons. The van der Waals surface area contributed by atoms with Crippen LogP contribution in [-0.2, 0) is 23.9 Å². The number of hydrogen-bond donors (Lipinski definition) is 1. The molecule has 0 saturated carbocycles. The van der Waals surface area contributed by atoms with Crippen LogP contribution in [0.2, 0.25) is 0 Å². The van der Waals surface area contributed by atoms with Gasteiger partial charge in [-0.3, -0.25) is 0 Å². The van der Waals surface area contributed by atoms with Crippen LogP contribution in [0.3, 0.4) is 0 Å². The van der Waals surface area contributed by atoms with Crippen molar-refractivity contribution in [2.24, 2.45) is 0 Å². The van der Waals surface area contributed by atoms with Gasteiger partial charge in [0.05, 0.1) is 12.2 Å². The van der Waals surface area contributed by atoms with Gasteiger partial charge in [0.25, 0.3) is 0 Å². The molecule has 0 aliphatic rings. The van der Waals surface area contributed by atoms with E-state index in [-0.39, 0.29) is 12.2 Å². The smallest absolute Gasteiger partial charge is 0.440 e. The molecule has 7 nitrogen and oxygen atoms in total. The molecule has 0 aromatic heterocycles. The monoisotopic (exact) mass is 243 g/mol. The van der Waals surface area contributed by atoms with Gasteiger partial charge < -0.3 is 14.3 Å². The van der Waals surface area contributed by atoms with Crippen LogP contribution < -0.4 is 5.48 Å². The Labute approximate surface area is 98.0 Å². The maximum atomic E-state index is 11.2. The van der Waals surface area contributed by atoms with Crippen molar-refractivity contribution in [2.45, 2.75) is 13.8 Å². The van der Waals surface area contributed by atoms with Crippen LogP contribution in [0.5, 0.6) is 0 Å². The van der Waals surface area contributed by atoms with Gasteiger partial charge in [-0.05, 0) is 13.8 Å². The molecule has 0 aliphatic heterocycles. The number of esters is 1. The van der Waals surface area contributed by atoms with E-state index in [9.17, 15) is 14.4 Å². The highest BCUT2D eigenvalue weighted by Crippen LogP contribution is 1.96. The first kappa shape index (κ1) is 14.7. The number of hydroxylamine groups is 1. The van der Waals surface area contributed by atoms with Crippen molar-refractivity contribution in [3.63, 3.8) is 0 Å². The minimum Gasteiger partial charge on any atom is -0.448 e. The van der Waals surface area contributed by atoms with Crippen LogP contribution in [0.15, 0.2) is 24.5 Å². The topological polar surface area (TPSA) is 90.9 Å². The number of rotatable bonds is 4. The Kier molecular flexibility index (Phi) is 6.84. The zero-order chi connectivity index (χ0) is 13.3. The van der Waals surface area contributed by atoms with Gasteiger partial charge in [-0.25, -0.2) is 14.4 Å². The highest BCUT2D eigenvalue weighted by Gasteiger charge is 2.10. The fourth-order valence-electron chi connectivity index (χ4n) is 0.572. The molecule has 17 heavy (non-hydrogen) atoms. The summed E-state index contributed by atoms with van der Waals surface area (Å²) in [5.41, 5.74) is 1.74. The molecule has 0 aromatic rings. The van der Waals surface area contributed by atoms with Crippen molar-refractivity contribution < 1.29 is 28.7 Å². The lowest BCUT2D eigenvalue weighted by Crippen LogP contribution is -2.28. The van der Waals surface area contributed by atoms with Crippen LogP contribution in [-0.4, -0.2) is 24.6 Å². The average molecular weight is 243 g/mol. The van der Waals surface area contributed by atoms with Gasteiger partial charge in [0.15, 0.2) is 0 Å². The molecule has 0 aliphatic carbocycles. The van der Waals surface area contributed by atoms with E-state index in [2.05, 4.69) is 20.9 Å². The Morgan fingerprint density at radius 2 is 2.00 bits per heavy atom. The summed E-state index contributed by atoms with van der Waals surface area (Å²) < 4.78 is 8.91. The van der Waals surface area contributed by atoms with E-state index >= 15 is 0 Å². The summed E-state index contributed by atoms with van der Waals surface area (Å²) in [5.74, 6) is -1.59. The van der Waals surface area contributed by atoms with Crippen LogP contribution >= 0.6 is 0 Å². The number of ether oxygens (including phenoxy) is 2. The Bertz CT molecular complexity index is 347. The molecule has 1 amide bonds. The van der Waals surface area contributed by atoms with Crippen molar-refractivity contribution in [1.29, 1.82) is 0 Å². The maximum absolute atomic E-state index is 11.2. The standard InChI is InChI=1S/C10H13NO6/c1-4-8(12)16-6-7(3)9(13)17-11-10(14)15-5-2/h4,6H,1,5H2,2-3H3,(H,11,14). The minimum absolute atomic E-state index is 0.0167. The van der Waals surface area contributed by atoms with E-state index in [1.807, 2.05) is 0 Å². The molecule has 0 aromatic carbocycles. The van der Waals surface area contributed by atoms with Gasteiger partial charge in [0.1, 0.15) is 6.26 Å². The number of hydrogen-bond acceptors (Lipinski definition) is 6. The number of carbonyl (C=O) groups excluding carboxylic acids is 3. The SMILES string of the molecule is C=CC(=O)OC=C(C)C(=O)ONC(=O)OCC. The first-order valence-electron chi connectivity index (χ1n) is 4.65. The Balaban J connectivity index is 4.09. The van der Waals surface area contributed by atoms with Gasteiger partial charge in [0, 0.05) is 6.08 Å². The Morgan fingerprint density at radius 3 is 2.53 bits per heavy atom. The van der Waals surface area contributed by atoms with Crippen molar-refractivity contribution >= 4 is 18.0 Å². The lowest BCUT2D eigenvalue weighted by molar-refractivity contribution is -0.145. The molecule has 1 N–H and O–H groups in total. The average Bonchev–Trinajstić information content (AvgIpc) is 2.32. The van der Waals surface area contributed by atoms with Crippen molar-refractivity contribution in [3.05, 3.63) is 24.5 Å². The summed E-state index contributed by atoms with van der Waals surface area (Å²) >= 11 is 0. The number of amides is 1. The molecule has 0 spiro atoms. The largest absolute Gasteiger partial charge is 0.448 e. The zero-order valence-electron chi connectivity index (χ0n) is 9.52. The van der Waals surface area contributed by atoms with Crippen LogP contribution in [0.1, 0.15) is 13.8 Å². The highest BCUT2D eigenvalue weighted by atomic mass is 16.7. The van der Waals surface area contributed by atoms with Gasteiger partial charge in [-0.2, -0.15) is 0 Å². The van der Waals surface area contributed by atoms with Crippen LogP contribution in [0.4, 0.5) is 4.79 Å². The third kappa shape index (κ3) is 6.72. The molecule has 94 valence electrons. The van der Waals surface area contributed by atoms with Crippen molar-refractivity contribution in [1.82, 2.24) is 5.48 Å². The molecular formula is C10H13NO6. The molecule has 0 unspecified atom stereocenters. The second-order valence-electron chi connectivity index (χ2n) is 2.65. The summed E-state index contributed by atoms with van der Waals surface area (Å²) in [6.45, 7) is 6.26. The van der Waals surface area contributed by atoms with Gasteiger partial charge >= 0.3 is 18.0 Å². The van der Waals surface area contributed by atoms with Crippen LogP contribution in [0, 0.1) is 0 Å². The summed E-state index contributed by atoms with van der Waals surface area (Å²) in [5, 5.41) is 0. The number of nitrogens with one attached hydrogen (secondary N) is 1. The van der Waals surface area contributed by atoms with E-state index in [0.717, 1.165) is 12.3 Å². The lowest BCUT2D eigenvalue weighted by Gasteiger charge is -2.05. The molecule has 0 saturated heterocycles. The second-order valence-corrected chi connectivity index (χ2v) is 2.65. The summed E-state index contributed by atoms with van der Waals surface area (Å²) in [6, 6.07) is 0. The van der Waals surface area contributed by atoms with Gasteiger partial charge in [-0.15, -0.1) is 5.48 Å². The van der Waals surface area contributed by atoms with Crippen LogP contribution in [0.25, 0.3) is 0 Å². The third-order valence-electron chi connectivity index (χ3n) is 1.34. The first-order chi connectivity index (χ1) is 8.01. The predicted molar refractivity (Wildman–Crippen MR) is 56.3 cm³/mol. The van der Waals surface area contributed by atoms with E-state index < -0.39 is 18.0 Å². The molecule has 0 bridgehead atoms. The second kappa shape index (κ2) is 7.91. The van der Waals surface area contributed by atoms with Crippen molar-refractivity contribution in [2.75, 3.05) is 6.61 Å². The van der Waals surface area contributed by atoms with Gasteiger partial charge in [-0.1, -0.05) is 6.58 Å². The molecule has 0 fully saturated rings. The van der Waals surface area contributed by atoms with E-state index in [0.29, 0.717) is 0 Å². The normalized spacial score (nSPS) is 10.1. The minimum atomic E-state index is -0.892. The lowest BCUT2D eigenvalue weighted by atomic mass is 10.3. The Morgan fingerprint density at radius 1 is 1.35 bits per heavy atom. The van der Waals surface area contributed by atoms with E-state index in [1.165, 1.54) is 6.92 Å². The van der Waals surface area contributed by atoms with Crippen molar-refractivity contribution in [3.8, 4) is 0 Å². The summed E-state index contributed by atoms with van der Waals surface area (Å²) in [4.78, 5) is 36.9. The Hall–Kier alpha value is -2.31. The fraction of sp³-hybridized carbons (Fsp3) is 0.300. The first-order valence-corrected chi connectivity index (χ1v) is 4.65. The molecule has 0 heterocycles. The number of carbonyl (C=O) groups is 3.